The minimum absolute atomic E-state index is 0.356. The number of urea groups is 1. The normalized spacial score (nSPS) is 23.9. The van der Waals surface area contributed by atoms with E-state index in [0.29, 0.717) is 11.3 Å². The van der Waals surface area contributed by atoms with E-state index in [1.165, 1.54) is 0 Å². The van der Waals surface area contributed by atoms with Crippen LogP contribution >= 0.6 is 0 Å². The Kier molecular flexibility index (Phi) is 2.30. The molecule has 84 valence electrons. The van der Waals surface area contributed by atoms with Crippen molar-refractivity contribution < 1.29 is 14.3 Å². The molecule has 5 nitrogen and oxygen atoms in total. The number of ether oxygens (including phenoxy) is 1. The Morgan fingerprint density at radius 2 is 2.06 bits per heavy atom. The summed E-state index contributed by atoms with van der Waals surface area (Å²) in [6.07, 6.45) is 0. The summed E-state index contributed by atoms with van der Waals surface area (Å²) in [7, 11) is 1.55. The molecular weight excluding hydrogens is 208 g/mol. The number of carbonyl (C=O) groups excluding carboxylic acids is 2. The van der Waals surface area contributed by atoms with Crippen LogP contribution in [0.3, 0.4) is 0 Å². The number of hydrogen-bond donors (Lipinski definition) is 2. The number of methoxy groups -OCH3 is 1. The molecule has 1 aliphatic rings. The molecule has 0 saturated carbocycles. The maximum Gasteiger partial charge on any atom is 0.322 e. The van der Waals surface area contributed by atoms with Crippen molar-refractivity contribution in [1.82, 2.24) is 10.6 Å². The molecule has 1 aromatic rings. The number of imide groups is 1. The molecule has 0 unspecified atom stereocenters. The monoisotopic (exact) mass is 220 g/mol. The van der Waals surface area contributed by atoms with Crippen LogP contribution in [-0.4, -0.2) is 19.0 Å². The third kappa shape index (κ3) is 1.50. The van der Waals surface area contributed by atoms with Crippen LogP contribution in [0, 0.1) is 0 Å². The first-order valence-corrected chi connectivity index (χ1v) is 4.84. The van der Waals surface area contributed by atoms with Gasteiger partial charge in [-0.3, -0.25) is 10.1 Å². The second-order valence-corrected chi connectivity index (χ2v) is 3.77. The minimum Gasteiger partial charge on any atom is -0.497 e. The van der Waals surface area contributed by atoms with E-state index in [2.05, 4.69) is 10.6 Å². The van der Waals surface area contributed by atoms with Crippen molar-refractivity contribution in [1.29, 1.82) is 0 Å². The van der Waals surface area contributed by atoms with Crippen LogP contribution in [0.4, 0.5) is 4.79 Å². The highest BCUT2D eigenvalue weighted by atomic mass is 16.5. The maximum atomic E-state index is 11.7. The van der Waals surface area contributed by atoms with Crippen molar-refractivity contribution in [2.45, 2.75) is 12.5 Å². The summed E-state index contributed by atoms with van der Waals surface area (Å²) in [6.45, 7) is 1.65. The smallest absolute Gasteiger partial charge is 0.322 e. The average molecular weight is 220 g/mol. The van der Waals surface area contributed by atoms with Crippen LogP contribution in [0.5, 0.6) is 5.75 Å². The molecule has 5 heteroatoms. The first-order valence-electron chi connectivity index (χ1n) is 4.84. The zero-order chi connectivity index (χ0) is 11.8. The lowest BCUT2D eigenvalue weighted by atomic mass is 9.92. The Morgan fingerprint density at radius 1 is 1.31 bits per heavy atom. The lowest BCUT2D eigenvalue weighted by Crippen LogP contribution is -2.40. The van der Waals surface area contributed by atoms with Crippen LogP contribution in [0.2, 0.25) is 0 Å². The van der Waals surface area contributed by atoms with Gasteiger partial charge in [0, 0.05) is 0 Å². The number of benzene rings is 1. The summed E-state index contributed by atoms with van der Waals surface area (Å²) in [5.74, 6) is 0.290. The second kappa shape index (κ2) is 3.52. The number of nitrogens with one attached hydrogen (secondary N) is 2. The van der Waals surface area contributed by atoms with Gasteiger partial charge >= 0.3 is 6.03 Å². The number of carbonyl (C=O) groups is 2. The number of amides is 3. The Hall–Kier alpha value is -2.04. The van der Waals surface area contributed by atoms with Gasteiger partial charge in [0.2, 0.25) is 0 Å². The molecule has 3 amide bonds. The molecule has 0 aromatic heterocycles. The third-order valence-corrected chi connectivity index (χ3v) is 2.69. The van der Waals surface area contributed by atoms with Gasteiger partial charge in [-0.05, 0) is 24.6 Å². The molecule has 1 heterocycles. The molecule has 16 heavy (non-hydrogen) atoms. The van der Waals surface area contributed by atoms with Gasteiger partial charge in [-0.1, -0.05) is 12.1 Å². The summed E-state index contributed by atoms with van der Waals surface area (Å²) in [4.78, 5) is 22.8. The van der Waals surface area contributed by atoms with E-state index in [0.717, 1.165) is 0 Å². The SMILES string of the molecule is COc1cccc([C@@]2(C)NC(=O)NC2=O)c1. The van der Waals surface area contributed by atoms with Crippen molar-refractivity contribution in [3.63, 3.8) is 0 Å². The largest absolute Gasteiger partial charge is 0.497 e. The van der Waals surface area contributed by atoms with E-state index < -0.39 is 11.6 Å². The maximum absolute atomic E-state index is 11.7. The molecule has 2 rings (SSSR count). The Labute approximate surface area is 92.8 Å². The highest BCUT2D eigenvalue weighted by Crippen LogP contribution is 2.26. The fraction of sp³-hybridized carbons (Fsp3) is 0.273. The summed E-state index contributed by atoms with van der Waals surface area (Å²) >= 11 is 0. The quantitative estimate of drug-likeness (QED) is 0.723. The van der Waals surface area contributed by atoms with Crippen molar-refractivity contribution in [2.24, 2.45) is 0 Å². The molecule has 1 atom stereocenters. The minimum atomic E-state index is -1.02. The third-order valence-electron chi connectivity index (χ3n) is 2.69. The van der Waals surface area contributed by atoms with E-state index in [9.17, 15) is 9.59 Å². The van der Waals surface area contributed by atoms with Gasteiger partial charge in [-0.2, -0.15) is 0 Å². The van der Waals surface area contributed by atoms with E-state index in [1.807, 2.05) is 0 Å². The molecule has 0 aliphatic carbocycles. The molecule has 0 radical (unpaired) electrons. The highest BCUT2D eigenvalue weighted by Gasteiger charge is 2.43. The highest BCUT2D eigenvalue weighted by molar-refractivity contribution is 6.07. The number of hydrogen-bond acceptors (Lipinski definition) is 3. The van der Waals surface area contributed by atoms with Gasteiger partial charge < -0.3 is 10.1 Å². The van der Waals surface area contributed by atoms with Gasteiger partial charge in [0.15, 0.2) is 0 Å². The summed E-state index contributed by atoms with van der Waals surface area (Å²) in [5.41, 5.74) is -0.332. The van der Waals surface area contributed by atoms with E-state index in [-0.39, 0.29) is 5.91 Å². The molecule has 0 spiro atoms. The van der Waals surface area contributed by atoms with Gasteiger partial charge in [0.1, 0.15) is 11.3 Å². The number of rotatable bonds is 2. The van der Waals surface area contributed by atoms with Crippen LogP contribution in [-0.2, 0) is 10.3 Å². The molecule has 1 aliphatic heterocycles. The van der Waals surface area contributed by atoms with Gasteiger partial charge in [-0.15, -0.1) is 0 Å². The predicted molar refractivity (Wildman–Crippen MR) is 57.0 cm³/mol. The zero-order valence-electron chi connectivity index (χ0n) is 9.03. The van der Waals surface area contributed by atoms with Crippen LogP contribution in [0.25, 0.3) is 0 Å². The van der Waals surface area contributed by atoms with Crippen LogP contribution in [0.1, 0.15) is 12.5 Å². The summed E-state index contributed by atoms with van der Waals surface area (Å²) in [6, 6.07) is 6.58. The van der Waals surface area contributed by atoms with Gasteiger partial charge in [0.05, 0.1) is 7.11 Å². The van der Waals surface area contributed by atoms with Crippen molar-refractivity contribution >= 4 is 11.9 Å². The van der Waals surface area contributed by atoms with Crippen molar-refractivity contribution in [2.75, 3.05) is 7.11 Å². The summed E-state index contributed by atoms with van der Waals surface area (Å²) in [5, 5.41) is 4.81. The van der Waals surface area contributed by atoms with Crippen LogP contribution in [0.15, 0.2) is 24.3 Å². The first-order chi connectivity index (χ1) is 7.56. The van der Waals surface area contributed by atoms with E-state index in [1.54, 1.807) is 38.3 Å². The fourth-order valence-electron chi connectivity index (χ4n) is 1.68. The molecule has 1 saturated heterocycles. The van der Waals surface area contributed by atoms with Crippen molar-refractivity contribution in [3.05, 3.63) is 29.8 Å². The Balaban J connectivity index is 2.43. The van der Waals surface area contributed by atoms with E-state index >= 15 is 0 Å². The van der Waals surface area contributed by atoms with Crippen molar-refractivity contribution in [3.8, 4) is 5.75 Å². The molecule has 1 fully saturated rings. The van der Waals surface area contributed by atoms with Crippen LogP contribution < -0.4 is 15.4 Å². The molecule has 2 N–H and O–H groups in total. The predicted octanol–water partition coefficient (Wildman–Crippen LogP) is 0.750. The Bertz CT molecular complexity index is 458. The fourth-order valence-corrected chi connectivity index (χ4v) is 1.68. The second-order valence-electron chi connectivity index (χ2n) is 3.77. The van der Waals surface area contributed by atoms with Gasteiger partial charge in [-0.25, -0.2) is 4.79 Å². The molecule has 0 bridgehead atoms. The van der Waals surface area contributed by atoms with Gasteiger partial charge in [0.25, 0.3) is 5.91 Å². The van der Waals surface area contributed by atoms with E-state index in [4.69, 9.17) is 4.74 Å². The topological polar surface area (TPSA) is 67.4 Å². The molecular formula is C11H12N2O3. The standard InChI is InChI=1S/C11H12N2O3/c1-11(9(14)12-10(15)13-11)7-4-3-5-8(6-7)16-2/h3-6H,1-2H3,(H2,12,13,14,15)/t11-/m1/s1. The Morgan fingerprint density at radius 3 is 2.62 bits per heavy atom. The lowest BCUT2D eigenvalue weighted by molar-refractivity contribution is -0.123. The zero-order valence-corrected chi connectivity index (χ0v) is 9.03. The summed E-state index contributed by atoms with van der Waals surface area (Å²) < 4.78 is 5.08. The first kappa shape index (κ1) is 10.5. The molecule has 1 aromatic carbocycles. The average Bonchev–Trinajstić information content (AvgIpc) is 2.54. The lowest BCUT2D eigenvalue weighted by Gasteiger charge is -2.21.